The number of guanidine groups is 1. The summed E-state index contributed by atoms with van der Waals surface area (Å²) in [5.41, 5.74) is 0. The van der Waals surface area contributed by atoms with E-state index in [0.29, 0.717) is 25.5 Å². The monoisotopic (exact) mass is 552 g/mol. The molecule has 3 rings (SSSR count). The van der Waals surface area contributed by atoms with Crippen molar-refractivity contribution in [1.29, 1.82) is 0 Å². The van der Waals surface area contributed by atoms with Gasteiger partial charge in [-0.3, -0.25) is 4.99 Å². The Balaban J connectivity index is 0.00000300. The van der Waals surface area contributed by atoms with Crippen molar-refractivity contribution in [3.05, 3.63) is 34.5 Å². The molecule has 2 N–H and O–H groups in total. The third-order valence-corrected chi connectivity index (χ3v) is 7.56. The molecule has 29 heavy (non-hydrogen) atoms. The van der Waals surface area contributed by atoms with Gasteiger partial charge in [0.15, 0.2) is 15.8 Å². The number of rotatable bonds is 8. The molecule has 1 aliphatic heterocycles. The van der Waals surface area contributed by atoms with Crippen molar-refractivity contribution < 1.29 is 8.42 Å². The van der Waals surface area contributed by atoms with Gasteiger partial charge in [-0.1, -0.05) is 19.9 Å². The van der Waals surface area contributed by atoms with Crippen LogP contribution in [0, 0.1) is 0 Å². The molecule has 3 heterocycles. The molecule has 2 aromatic rings. The number of halogens is 1. The quantitative estimate of drug-likeness (QED) is 0.297. The summed E-state index contributed by atoms with van der Waals surface area (Å²) in [6.45, 7) is 5.41. The van der Waals surface area contributed by atoms with E-state index in [2.05, 4.69) is 39.2 Å². The number of hydrogen-bond acceptors (Lipinski definition) is 6. The van der Waals surface area contributed by atoms with E-state index in [-0.39, 0.29) is 47.6 Å². The first kappa shape index (κ1) is 24.1. The van der Waals surface area contributed by atoms with Crippen molar-refractivity contribution in [2.75, 3.05) is 18.1 Å². The Morgan fingerprint density at radius 1 is 1.45 bits per heavy atom. The Morgan fingerprint density at radius 3 is 2.90 bits per heavy atom. The summed E-state index contributed by atoms with van der Waals surface area (Å²) in [5, 5.41) is 16.9. The Bertz CT molecular complexity index is 882. The lowest BCUT2D eigenvalue weighted by molar-refractivity contribution is 0.583. The molecule has 0 aliphatic carbocycles. The smallest absolute Gasteiger partial charge is 0.192 e. The van der Waals surface area contributed by atoms with Crippen LogP contribution < -0.4 is 10.6 Å². The number of aliphatic imine (C=N–C) groups is 1. The van der Waals surface area contributed by atoms with Gasteiger partial charge in [0.05, 0.1) is 24.1 Å². The molecule has 0 radical (unpaired) electrons. The van der Waals surface area contributed by atoms with Gasteiger partial charge in [0.2, 0.25) is 0 Å². The van der Waals surface area contributed by atoms with Crippen LogP contribution in [0.2, 0.25) is 0 Å². The second-order valence-electron chi connectivity index (χ2n) is 6.89. The number of aromatic nitrogens is 3. The first-order valence-corrected chi connectivity index (χ1v) is 12.4. The third-order valence-electron chi connectivity index (χ3n) is 4.80. The number of hydrogen-bond donors (Lipinski definition) is 2. The van der Waals surface area contributed by atoms with E-state index in [4.69, 9.17) is 4.99 Å². The van der Waals surface area contributed by atoms with Crippen LogP contribution >= 0.6 is 35.3 Å². The zero-order valence-electron chi connectivity index (χ0n) is 16.7. The van der Waals surface area contributed by atoms with Crippen molar-refractivity contribution in [2.24, 2.45) is 4.99 Å². The van der Waals surface area contributed by atoms with Crippen molar-refractivity contribution >= 4 is 51.1 Å². The molecule has 0 amide bonds. The summed E-state index contributed by atoms with van der Waals surface area (Å²) in [5.74, 6) is 1.99. The zero-order valence-corrected chi connectivity index (χ0v) is 20.7. The highest BCUT2D eigenvalue weighted by atomic mass is 127. The van der Waals surface area contributed by atoms with Crippen LogP contribution in [0.3, 0.4) is 0 Å². The van der Waals surface area contributed by atoms with Gasteiger partial charge in [-0.2, -0.15) is 0 Å². The molecule has 162 valence electrons. The fourth-order valence-corrected chi connectivity index (χ4v) is 5.81. The van der Waals surface area contributed by atoms with Crippen LogP contribution in [0.15, 0.2) is 28.8 Å². The van der Waals surface area contributed by atoms with E-state index in [1.165, 1.54) is 4.88 Å². The summed E-state index contributed by atoms with van der Waals surface area (Å²) >= 11 is 1.71. The number of sulfone groups is 1. The predicted octanol–water partition coefficient (Wildman–Crippen LogP) is 2.39. The van der Waals surface area contributed by atoms with Gasteiger partial charge in [-0.25, -0.2) is 8.42 Å². The van der Waals surface area contributed by atoms with E-state index in [0.717, 1.165) is 18.7 Å². The molecule has 0 bridgehead atoms. The second-order valence-corrected chi connectivity index (χ2v) is 10.1. The number of nitrogens with one attached hydrogen (secondary N) is 2. The average Bonchev–Trinajstić information content (AvgIpc) is 3.40. The van der Waals surface area contributed by atoms with Gasteiger partial charge in [-0.15, -0.1) is 45.5 Å². The molecule has 1 saturated heterocycles. The molecule has 1 aliphatic rings. The van der Waals surface area contributed by atoms with Gasteiger partial charge in [0.25, 0.3) is 0 Å². The first-order valence-electron chi connectivity index (χ1n) is 9.68. The standard InChI is InChI=1S/C18H28N6O2S2.HI/c1-3-15(16-6-5-10-27-16)22-18(21-14-7-11-28(25,26)12-14)19-8-9-24-13-20-23-17(24)4-2;/h5-6,10,13-15H,3-4,7-9,11-12H2,1-2H3,(H2,19,21,22);1H. The number of nitrogens with zero attached hydrogens (tertiary/aromatic N) is 4. The minimum atomic E-state index is -2.95. The van der Waals surface area contributed by atoms with Crippen LogP contribution in [-0.4, -0.2) is 53.2 Å². The van der Waals surface area contributed by atoms with E-state index in [1.807, 2.05) is 17.6 Å². The highest BCUT2D eigenvalue weighted by Gasteiger charge is 2.28. The summed E-state index contributed by atoms with van der Waals surface area (Å²) in [4.78, 5) is 5.95. The average molecular weight is 553 g/mol. The molecule has 2 unspecified atom stereocenters. The van der Waals surface area contributed by atoms with Crippen molar-refractivity contribution in [3.8, 4) is 0 Å². The molecule has 2 aromatic heterocycles. The largest absolute Gasteiger partial charge is 0.353 e. The molecule has 8 nitrogen and oxygen atoms in total. The lowest BCUT2D eigenvalue weighted by atomic mass is 10.2. The highest BCUT2D eigenvalue weighted by molar-refractivity contribution is 14.0. The number of aryl methyl sites for hydroxylation is 1. The van der Waals surface area contributed by atoms with Crippen LogP contribution in [-0.2, 0) is 22.8 Å². The molecular formula is C18H29IN6O2S2. The Kier molecular flexibility index (Phi) is 9.34. The van der Waals surface area contributed by atoms with Gasteiger partial charge in [0.1, 0.15) is 12.2 Å². The minimum absolute atomic E-state index is 0. The summed E-state index contributed by atoms with van der Waals surface area (Å²) in [6.07, 6.45) is 4.07. The lowest BCUT2D eigenvalue weighted by Crippen LogP contribution is -2.45. The topological polar surface area (TPSA) is 101 Å². The first-order chi connectivity index (χ1) is 13.5. The Hall–Kier alpha value is -1.21. The Labute approximate surface area is 193 Å². The predicted molar refractivity (Wildman–Crippen MR) is 128 cm³/mol. The van der Waals surface area contributed by atoms with E-state index in [9.17, 15) is 8.42 Å². The normalized spacial score (nSPS) is 19.5. The number of thiophene rings is 1. The van der Waals surface area contributed by atoms with E-state index in [1.54, 1.807) is 17.7 Å². The van der Waals surface area contributed by atoms with Crippen LogP contribution in [0.1, 0.15) is 43.4 Å². The van der Waals surface area contributed by atoms with E-state index >= 15 is 0 Å². The molecule has 0 spiro atoms. The Morgan fingerprint density at radius 2 is 2.28 bits per heavy atom. The van der Waals surface area contributed by atoms with Crippen LogP contribution in [0.4, 0.5) is 0 Å². The SMILES string of the molecule is CCc1nncn1CCN=C(NC1CCS(=O)(=O)C1)NC(CC)c1cccs1.I. The van der Waals surface area contributed by atoms with Crippen molar-refractivity contribution in [3.63, 3.8) is 0 Å². The second kappa shape index (κ2) is 11.3. The maximum atomic E-state index is 11.8. The maximum Gasteiger partial charge on any atom is 0.192 e. The van der Waals surface area contributed by atoms with Gasteiger partial charge >= 0.3 is 0 Å². The van der Waals surface area contributed by atoms with Gasteiger partial charge in [-0.05, 0) is 24.3 Å². The summed E-state index contributed by atoms with van der Waals surface area (Å²) < 4.78 is 25.6. The summed E-state index contributed by atoms with van der Waals surface area (Å²) in [6, 6.07) is 4.19. The van der Waals surface area contributed by atoms with Crippen LogP contribution in [0.25, 0.3) is 0 Å². The summed E-state index contributed by atoms with van der Waals surface area (Å²) in [7, 11) is -2.95. The fourth-order valence-electron chi connectivity index (χ4n) is 3.27. The fraction of sp³-hybridized carbons (Fsp3) is 0.611. The highest BCUT2D eigenvalue weighted by Crippen LogP contribution is 2.21. The molecular weight excluding hydrogens is 523 g/mol. The van der Waals surface area contributed by atoms with Gasteiger partial charge in [0, 0.05) is 23.9 Å². The van der Waals surface area contributed by atoms with E-state index < -0.39 is 9.84 Å². The lowest BCUT2D eigenvalue weighted by Gasteiger charge is -2.22. The molecule has 2 atom stereocenters. The van der Waals surface area contributed by atoms with Crippen molar-refractivity contribution in [2.45, 2.75) is 51.7 Å². The molecule has 11 heteroatoms. The minimum Gasteiger partial charge on any atom is -0.353 e. The van der Waals surface area contributed by atoms with Crippen LogP contribution in [0.5, 0.6) is 0 Å². The van der Waals surface area contributed by atoms with Crippen molar-refractivity contribution in [1.82, 2.24) is 25.4 Å². The maximum absolute atomic E-state index is 11.8. The molecule has 0 saturated carbocycles. The third kappa shape index (κ3) is 6.92. The zero-order chi connectivity index (χ0) is 20.0. The molecule has 1 fully saturated rings. The molecule has 0 aromatic carbocycles. The van der Waals surface area contributed by atoms with Gasteiger partial charge < -0.3 is 15.2 Å².